The molecular weight excluding hydrogens is 490 g/mol. The molecule has 0 saturated heterocycles. The van der Waals surface area contributed by atoms with Gasteiger partial charge in [-0.1, -0.05) is 60.7 Å². The Labute approximate surface area is 227 Å². The van der Waals surface area contributed by atoms with Crippen LogP contribution in [-0.2, 0) is 16.1 Å². The number of carboxylic acid groups (broad SMARTS) is 1. The zero-order chi connectivity index (χ0) is 27.6. The van der Waals surface area contributed by atoms with Crippen LogP contribution < -0.4 is 4.74 Å². The standard InChI is InChI=1S/C32H31N3O4/c1-21-28(30(31(36)37)39-32(2,3)4)29(35-27(33-21)19-26(34-35)23-13-9-6-10-14-23)24-15-17-25(18-16-24)38-20-22-11-7-5-8-12-22/h5-19,30H,20H2,1-4H3,(H,36,37). The van der Waals surface area contributed by atoms with Crippen molar-refractivity contribution < 1.29 is 19.4 Å². The molecule has 7 heteroatoms. The summed E-state index contributed by atoms with van der Waals surface area (Å²) in [5.74, 6) is -0.383. The van der Waals surface area contributed by atoms with Crippen LogP contribution >= 0.6 is 0 Å². The van der Waals surface area contributed by atoms with Crippen LogP contribution in [0.15, 0.2) is 91.0 Å². The number of rotatable bonds is 8. The average Bonchev–Trinajstić information content (AvgIpc) is 3.34. The number of aliphatic carboxylic acids is 1. The lowest BCUT2D eigenvalue weighted by molar-refractivity contribution is -0.160. The Bertz CT molecular complexity index is 1590. The van der Waals surface area contributed by atoms with E-state index in [1.54, 1.807) is 4.52 Å². The Kier molecular flexibility index (Phi) is 7.17. The van der Waals surface area contributed by atoms with Crippen LogP contribution in [0.4, 0.5) is 0 Å². The molecule has 5 aromatic rings. The maximum Gasteiger partial charge on any atom is 0.337 e. The van der Waals surface area contributed by atoms with Gasteiger partial charge in [-0.25, -0.2) is 14.3 Å². The van der Waals surface area contributed by atoms with Gasteiger partial charge in [0.25, 0.3) is 0 Å². The SMILES string of the molecule is Cc1nc2cc(-c3ccccc3)nn2c(-c2ccc(OCc3ccccc3)cc2)c1C(OC(C)(C)C)C(=O)O. The summed E-state index contributed by atoms with van der Waals surface area (Å²) in [5.41, 5.74) is 5.11. The fourth-order valence-electron chi connectivity index (χ4n) is 4.51. The van der Waals surface area contributed by atoms with Gasteiger partial charge < -0.3 is 14.6 Å². The van der Waals surface area contributed by atoms with Crippen LogP contribution in [0.1, 0.15) is 43.7 Å². The van der Waals surface area contributed by atoms with Crippen molar-refractivity contribution in [2.75, 3.05) is 0 Å². The predicted molar refractivity (Wildman–Crippen MR) is 151 cm³/mol. The lowest BCUT2D eigenvalue weighted by Gasteiger charge is -2.27. The first kappa shape index (κ1) is 26.1. The largest absolute Gasteiger partial charge is 0.489 e. The third-order valence-electron chi connectivity index (χ3n) is 6.23. The number of carboxylic acids is 1. The Morgan fingerprint density at radius 3 is 2.18 bits per heavy atom. The topological polar surface area (TPSA) is 86.0 Å². The average molecular weight is 522 g/mol. The number of nitrogens with zero attached hydrogens (tertiary/aromatic N) is 3. The van der Waals surface area contributed by atoms with Crippen molar-refractivity contribution in [3.05, 3.63) is 108 Å². The third-order valence-corrected chi connectivity index (χ3v) is 6.23. The van der Waals surface area contributed by atoms with Crippen LogP contribution in [0.2, 0.25) is 0 Å². The van der Waals surface area contributed by atoms with Gasteiger partial charge >= 0.3 is 5.97 Å². The molecule has 2 aromatic heterocycles. The summed E-state index contributed by atoms with van der Waals surface area (Å²) in [5, 5.41) is 15.1. The molecule has 7 nitrogen and oxygen atoms in total. The van der Waals surface area contributed by atoms with Crippen molar-refractivity contribution in [3.8, 4) is 28.3 Å². The number of aromatic nitrogens is 3. The zero-order valence-electron chi connectivity index (χ0n) is 22.5. The predicted octanol–water partition coefficient (Wildman–Crippen LogP) is 6.89. The highest BCUT2D eigenvalue weighted by Gasteiger charge is 2.33. The van der Waals surface area contributed by atoms with Gasteiger partial charge in [0, 0.05) is 28.5 Å². The molecule has 2 heterocycles. The minimum atomic E-state index is -1.24. The molecule has 39 heavy (non-hydrogen) atoms. The van der Waals surface area contributed by atoms with Gasteiger partial charge in [0.1, 0.15) is 12.4 Å². The number of benzene rings is 3. The molecule has 1 N–H and O–H groups in total. The number of carbonyl (C=O) groups is 1. The summed E-state index contributed by atoms with van der Waals surface area (Å²) in [7, 11) is 0. The van der Waals surface area contributed by atoms with Crippen molar-refractivity contribution in [1.29, 1.82) is 0 Å². The molecule has 0 bridgehead atoms. The van der Waals surface area contributed by atoms with E-state index in [-0.39, 0.29) is 0 Å². The minimum absolute atomic E-state index is 0.449. The molecule has 0 aliphatic heterocycles. The van der Waals surface area contributed by atoms with Crippen LogP contribution in [0.5, 0.6) is 5.75 Å². The number of hydrogen-bond acceptors (Lipinski definition) is 5. The summed E-state index contributed by atoms with van der Waals surface area (Å²) in [6, 6.07) is 29.3. The van der Waals surface area contributed by atoms with E-state index in [0.717, 1.165) is 22.4 Å². The van der Waals surface area contributed by atoms with Crippen molar-refractivity contribution in [2.45, 2.75) is 46.0 Å². The summed E-state index contributed by atoms with van der Waals surface area (Å²) >= 11 is 0. The molecular formula is C32H31N3O4. The van der Waals surface area contributed by atoms with E-state index >= 15 is 0 Å². The highest BCUT2D eigenvalue weighted by molar-refractivity contribution is 5.81. The summed E-state index contributed by atoms with van der Waals surface area (Å²) < 4.78 is 13.8. The van der Waals surface area contributed by atoms with Gasteiger partial charge in [-0.3, -0.25) is 0 Å². The first-order chi connectivity index (χ1) is 18.7. The normalized spacial score (nSPS) is 12.4. The molecule has 0 amide bonds. The Hall–Kier alpha value is -4.49. The Morgan fingerprint density at radius 1 is 0.923 bits per heavy atom. The molecule has 0 spiro atoms. The second kappa shape index (κ2) is 10.7. The Morgan fingerprint density at radius 2 is 1.56 bits per heavy atom. The smallest absolute Gasteiger partial charge is 0.337 e. The summed E-state index contributed by atoms with van der Waals surface area (Å²) in [6.07, 6.45) is -1.24. The van der Waals surface area contributed by atoms with Crippen LogP contribution in [-0.4, -0.2) is 31.3 Å². The van der Waals surface area contributed by atoms with Gasteiger partial charge in [0.05, 0.1) is 17.0 Å². The monoisotopic (exact) mass is 521 g/mol. The first-order valence-electron chi connectivity index (χ1n) is 12.8. The third kappa shape index (κ3) is 5.84. The van der Waals surface area contributed by atoms with E-state index in [2.05, 4.69) is 0 Å². The maximum atomic E-state index is 12.5. The first-order valence-corrected chi connectivity index (χ1v) is 12.8. The van der Waals surface area contributed by atoms with Gasteiger partial charge in [-0.05, 0) is 57.5 Å². The van der Waals surface area contributed by atoms with E-state index in [1.807, 2.05) is 119 Å². The summed E-state index contributed by atoms with van der Waals surface area (Å²) in [6.45, 7) is 7.77. The van der Waals surface area contributed by atoms with Gasteiger partial charge in [0.2, 0.25) is 0 Å². The van der Waals surface area contributed by atoms with E-state index in [0.29, 0.717) is 35.0 Å². The highest BCUT2D eigenvalue weighted by Crippen LogP contribution is 2.36. The fourth-order valence-corrected chi connectivity index (χ4v) is 4.51. The van der Waals surface area contributed by atoms with E-state index in [9.17, 15) is 9.90 Å². The lowest BCUT2D eigenvalue weighted by Crippen LogP contribution is -2.29. The van der Waals surface area contributed by atoms with E-state index < -0.39 is 17.7 Å². The molecule has 1 atom stereocenters. The second-order valence-electron chi connectivity index (χ2n) is 10.4. The molecule has 0 saturated carbocycles. The molecule has 0 fully saturated rings. The quantitative estimate of drug-likeness (QED) is 0.239. The van der Waals surface area contributed by atoms with Gasteiger partial charge in [0.15, 0.2) is 11.8 Å². The number of aryl methyl sites for hydroxylation is 1. The number of ether oxygens (including phenoxy) is 2. The van der Waals surface area contributed by atoms with Crippen LogP contribution in [0.3, 0.4) is 0 Å². The number of fused-ring (bicyclic) bond motifs is 1. The molecule has 0 aliphatic rings. The molecule has 198 valence electrons. The maximum absolute atomic E-state index is 12.5. The molecule has 5 rings (SSSR count). The highest BCUT2D eigenvalue weighted by atomic mass is 16.5. The molecule has 0 radical (unpaired) electrons. The Balaban J connectivity index is 1.63. The molecule has 0 aliphatic carbocycles. The molecule has 1 unspecified atom stereocenters. The van der Waals surface area contributed by atoms with Crippen LogP contribution in [0, 0.1) is 6.92 Å². The number of hydrogen-bond donors (Lipinski definition) is 1. The van der Waals surface area contributed by atoms with Gasteiger partial charge in [-0.2, -0.15) is 5.10 Å². The van der Waals surface area contributed by atoms with Crippen molar-refractivity contribution in [2.24, 2.45) is 0 Å². The van der Waals surface area contributed by atoms with Crippen molar-refractivity contribution in [3.63, 3.8) is 0 Å². The zero-order valence-corrected chi connectivity index (χ0v) is 22.5. The second-order valence-corrected chi connectivity index (χ2v) is 10.4. The van der Waals surface area contributed by atoms with Crippen molar-refractivity contribution in [1.82, 2.24) is 14.6 Å². The lowest BCUT2D eigenvalue weighted by atomic mass is 9.99. The van der Waals surface area contributed by atoms with Crippen LogP contribution in [0.25, 0.3) is 28.2 Å². The summed E-state index contributed by atoms with van der Waals surface area (Å²) in [4.78, 5) is 17.3. The van der Waals surface area contributed by atoms with E-state index in [4.69, 9.17) is 19.6 Å². The fraction of sp³-hybridized carbons (Fsp3) is 0.219. The van der Waals surface area contributed by atoms with Gasteiger partial charge in [-0.15, -0.1) is 0 Å². The minimum Gasteiger partial charge on any atom is -0.489 e. The molecule has 3 aromatic carbocycles. The van der Waals surface area contributed by atoms with E-state index in [1.165, 1.54) is 0 Å². The van der Waals surface area contributed by atoms with Crippen molar-refractivity contribution >= 4 is 11.6 Å².